The standard InChI is InChI=1S/C26H24N4O5S/c1-5-35-19-12-15(10-11-18(19)34-4)21-20(22(31)24-13(2)27-14(3)36-24)23(32)25(33)30(21)26-28-16-8-6-7-9-17(16)29-26/h6-12,21,32H,5H2,1-4H3,(H,28,29). The van der Waals surface area contributed by atoms with Gasteiger partial charge >= 0.3 is 0 Å². The van der Waals surface area contributed by atoms with Crippen molar-refractivity contribution in [2.75, 3.05) is 18.6 Å². The van der Waals surface area contributed by atoms with Gasteiger partial charge in [0.15, 0.2) is 17.3 Å². The smallest absolute Gasteiger partial charge is 0.296 e. The molecule has 9 nitrogen and oxygen atoms in total. The van der Waals surface area contributed by atoms with Gasteiger partial charge in [0.05, 0.1) is 51.9 Å². The monoisotopic (exact) mass is 504 g/mol. The number of ether oxygens (including phenoxy) is 2. The number of carbonyl (C=O) groups is 2. The number of carbonyl (C=O) groups excluding carboxylic acids is 2. The van der Waals surface area contributed by atoms with E-state index in [2.05, 4.69) is 15.0 Å². The number of aryl methyl sites for hydroxylation is 2. The van der Waals surface area contributed by atoms with Gasteiger partial charge in [0.25, 0.3) is 5.91 Å². The summed E-state index contributed by atoms with van der Waals surface area (Å²) in [5.74, 6) is -0.625. The first-order valence-corrected chi connectivity index (χ1v) is 12.2. The Hall–Kier alpha value is -4.18. The third kappa shape index (κ3) is 3.79. The van der Waals surface area contributed by atoms with Gasteiger partial charge in [0.1, 0.15) is 0 Å². The number of aliphatic hydroxyl groups excluding tert-OH is 1. The minimum absolute atomic E-state index is 0.0418. The van der Waals surface area contributed by atoms with Crippen LogP contribution in [0.4, 0.5) is 5.95 Å². The normalized spacial score (nSPS) is 15.7. The molecule has 4 aromatic rings. The van der Waals surface area contributed by atoms with E-state index in [9.17, 15) is 14.7 Å². The van der Waals surface area contributed by atoms with Crippen LogP contribution in [-0.4, -0.2) is 45.5 Å². The SMILES string of the molecule is CCOc1cc(C2C(C(=O)c3sc(C)nc3C)=C(O)C(=O)N2c2nc3ccccc3[nH]2)ccc1OC. The third-order valence-electron chi connectivity index (χ3n) is 5.97. The van der Waals surface area contributed by atoms with Crippen LogP contribution in [0, 0.1) is 13.8 Å². The third-order valence-corrected chi connectivity index (χ3v) is 7.04. The van der Waals surface area contributed by atoms with Crippen molar-refractivity contribution in [3.05, 3.63) is 74.9 Å². The maximum atomic E-state index is 13.8. The van der Waals surface area contributed by atoms with Crippen molar-refractivity contribution < 1.29 is 24.2 Å². The minimum atomic E-state index is -0.961. The largest absolute Gasteiger partial charge is 0.503 e. The number of fused-ring (bicyclic) bond motifs is 1. The van der Waals surface area contributed by atoms with Crippen LogP contribution in [0.25, 0.3) is 11.0 Å². The first-order valence-electron chi connectivity index (χ1n) is 11.3. The molecule has 0 saturated carbocycles. The number of aromatic amines is 1. The lowest BCUT2D eigenvalue weighted by Crippen LogP contribution is -2.32. The summed E-state index contributed by atoms with van der Waals surface area (Å²) in [7, 11) is 1.53. The topological polar surface area (TPSA) is 118 Å². The molecule has 0 radical (unpaired) electrons. The lowest BCUT2D eigenvalue weighted by Gasteiger charge is -2.25. The number of aliphatic hydroxyl groups is 1. The van der Waals surface area contributed by atoms with E-state index in [-0.39, 0.29) is 11.5 Å². The Morgan fingerprint density at radius 2 is 1.94 bits per heavy atom. The van der Waals surface area contributed by atoms with Gasteiger partial charge in [-0.1, -0.05) is 18.2 Å². The summed E-state index contributed by atoms with van der Waals surface area (Å²) in [5.41, 5.74) is 2.43. The molecule has 0 saturated heterocycles. The summed E-state index contributed by atoms with van der Waals surface area (Å²) in [4.78, 5) is 41.0. The van der Waals surface area contributed by atoms with E-state index < -0.39 is 23.5 Å². The van der Waals surface area contributed by atoms with Crippen LogP contribution in [0.5, 0.6) is 11.5 Å². The maximum Gasteiger partial charge on any atom is 0.296 e. The number of rotatable bonds is 7. The first-order chi connectivity index (χ1) is 17.3. The molecule has 1 amide bonds. The van der Waals surface area contributed by atoms with E-state index in [0.717, 1.165) is 5.52 Å². The number of anilines is 1. The molecule has 10 heteroatoms. The Balaban J connectivity index is 1.71. The van der Waals surface area contributed by atoms with E-state index in [0.29, 0.717) is 44.8 Å². The summed E-state index contributed by atoms with van der Waals surface area (Å²) in [6.07, 6.45) is 0. The summed E-state index contributed by atoms with van der Waals surface area (Å²) >= 11 is 1.22. The molecule has 2 N–H and O–H groups in total. The molecule has 1 aliphatic heterocycles. The first kappa shape index (κ1) is 23.6. The van der Waals surface area contributed by atoms with Crippen molar-refractivity contribution >= 4 is 40.0 Å². The molecule has 0 aliphatic carbocycles. The molecule has 0 fully saturated rings. The zero-order valence-corrected chi connectivity index (χ0v) is 21.0. The van der Waals surface area contributed by atoms with E-state index in [4.69, 9.17) is 9.47 Å². The predicted molar refractivity (Wildman–Crippen MR) is 136 cm³/mol. The lowest BCUT2D eigenvalue weighted by molar-refractivity contribution is -0.117. The highest BCUT2D eigenvalue weighted by Gasteiger charge is 2.46. The molecule has 184 valence electrons. The minimum Gasteiger partial charge on any atom is -0.503 e. The Morgan fingerprint density at radius 1 is 1.17 bits per heavy atom. The molecular formula is C26H24N4O5S. The Labute approximate surface area is 211 Å². The molecule has 5 rings (SSSR count). The number of thiazole rings is 1. The van der Waals surface area contributed by atoms with Gasteiger partial charge in [-0.05, 0) is 50.6 Å². The summed E-state index contributed by atoms with van der Waals surface area (Å²) in [5, 5.41) is 11.8. The van der Waals surface area contributed by atoms with E-state index >= 15 is 0 Å². The number of imidazole rings is 1. The fraction of sp³-hybridized carbons (Fsp3) is 0.231. The second kappa shape index (κ2) is 9.12. The van der Waals surface area contributed by atoms with Crippen molar-refractivity contribution in [1.29, 1.82) is 0 Å². The van der Waals surface area contributed by atoms with Gasteiger partial charge in [-0.15, -0.1) is 11.3 Å². The van der Waals surface area contributed by atoms with Crippen LogP contribution in [0.15, 0.2) is 53.8 Å². The molecule has 2 aromatic carbocycles. The van der Waals surface area contributed by atoms with Crippen molar-refractivity contribution in [3.63, 3.8) is 0 Å². The second-order valence-electron chi connectivity index (χ2n) is 8.24. The fourth-order valence-corrected chi connectivity index (χ4v) is 5.29. The van der Waals surface area contributed by atoms with Crippen LogP contribution in [-0.2, 0) is 4.79 Å². The Kier molecular flexibility index (Phi) is 5.97. The highest BCUT2D eigenvalue weighted by Crippen LogP contribution is 2.44. The molecular weight excluding hydrogens is 480 g/mol. The zero-order valence-electron chi connectivity index (χ0n) is 20.2. The van der Waals surface area contributed by atoms with Crippen molar-refractivity contribution in [2.45, 2.75) is 26.8 Å². The number of Topliss-reactive ketones (excluding diaryl/α,β-unsaturated/α-hetero) is 1. The number of hydrogen-bond donors (Lipinski definition) is 2. The number of nitrogens with zero attached hydrogens (tertiary/aromatic N) is 3. The average molecular weight is 505 g/mol. The van der Waals surface area contributed by atoms with E-state index in [1.165, 1.54) is 23.3 Å². The molecule has 1 unspecified atom stereocenters. The van der Waals surface area contributed by atoms with Gasteiger partial charge in [-0.3, -0.25) is 14.5 Å². The number of methoxy groups -OCH3 is 1. The van der Waals surface area contributed by atoms with Crippen LogP contribution >= 0.6 is 11.3 Å². The number of benzene rings is 2. The van der Waals surface area contributed by atoms with Crippen LogP contribution in [0.2, 0.25) is 0 Å². The highest BCUT2D eigenvalue weighted by atomic mass is 32.1. The number of nitrogens with one attached hydrogen (secondary N) is 1. The molecule has 3 heterocycles. The number of H-pyrrole nitrogens is 1. The molecule has 1 aliphatic rings. The highest BCUT2D eigenvalue weighted by molar-refractivity contribution is 7.14. The van der Waals surface area contributed by atoms with E-state index in [1.54, 1.807) is 32.0 Å². The number of ketones is 1. The Morgan fingerprint density at radius 3 is 2.61 bits per heavy atom. The zero-order chi connectivity index (χ0) is 25.6. The fourth-order valence-electron chi connectivity index (χ4n) is 4.42. The summed E-state index contributed by atoms with van der Waals surface area (Å²) in [6, 6.07) is 11.6. The predicted octanol–water partition coefficient (Wildman–Crippen LogP) is 4.83. The summed E-state index contributed by atoms with van der Waals surface area (Å²) < 4.78 is 11.2. The van der Waals surface area contributed by atoms with Gasteiger partial charge in [0.2, 0.25) is 11.7 Å². The number of hydrogen-bond acceptors (Lipinski definition) is 8. The quantitative estimate of drug-likeness (QED) is 0.346. The lowest BCUT2D eigenvalue weighted by atomic mass is 9.95. The number of aromatic nitrogens is 3. The van der Waals surface area contributed by atoms with Crippen LogP contribution < -0.4 is 14.4 Å². The average Bonchev–Trinajstić information content (AvgIpc) is 3.52. The number of para-hydroxylation sites is 2. The maximum absolute atomic E-state index is 13.8. The van der Waals surface area contributed by atoms with Crippen LogP contribution in [0.1, 0.15) is 38.9 Å². The van der Waals surface area contributed by atoms with Crippen molar-refractivity contribution in [3.8, 4) is 11.5 Å². The second-order valence-corrected chi connectivity index (χ2v) is 9.44. The molecule has 36 heavy (non-hydrogen) atoms. The molecule has 2 aromatic heterocycles. The van der Waals surface area contributed by atoms with Gasteiger partial charge in [0, 0.05) is 0 Å². The molecule has 1 atom stereocenters. The summed E-state index contributed by atoms with van der Waals surface area (Å²) in [6.45, 7) is 5.78. The van der Waals surface area contributed by atoms with Gasteiger partial charge in [-0.2, -0.15) is 0 Å². The van der Waals surface area contributed by atoms with Crippen molar-refractivity contribution in [2.24, 2.45) is 0 Å². The molecule has 0 bridgehead atoms. The van der Waals surface area contributed by atoms with Gasteiger partial charge in [-0.25, -0.2) is 9.97 Å². The van der Waals surface area contributed by atoms with E-state index in [1.807, 2.05) is 31.2 Å². The molecule has 0 spiro atoms. The Bertz CT molecular complexity index is 1500. The number of amides is 1. The van der Waals surface area contributed by atoms with Crippen LogP contribution in [0.3, 0.4) is 0 Å². The van der Waals surface area contributed by atoms with Crippen molar-refractivity contribution in [1.82, 2.24) is 15.0 Å². The van der Waals surface area contributed by atoms with Gasteiger partial charge < -0.3 is 19.6 Å².